The summed E-state index contributed by atoms with van der Waals surface area (Å²) in [6, 6.07) is 1.79. The van der Waals surface area contributed by atoms with E-state index in [1.165, 1.54) is 0 Å². The van der Waals surface area contributed by atoms with Gasteiger partial charge in [-0.1, -0.05) is 5.16 Å². The van der Waals surface area contributed by atoms with E-state index < -0.39 is 0 Å². The molecule has 4 rings (SSSR count). The second-order valence-electron chi connectivity index (χ2n) is 6.11. The summed E-state index contributed by atoms with van der Waals surface area (Å²) in [6.07, 6.45) is 5.50. The minimum Gasteiger partial charge on any atom is -0.340 e. The van der Waals surface area contributed by atoms with E-state index in [-0.39, 0.29) is 5.92 Å². The summed E-state index contributed by atoms with van der Waals surface area (Å²) in [7, 11) is 0. The Morgan fingerprint density at radius 1 is 1.24 bits per heavy atom. The molecule has 25 heavy (non-hydrogen) atoms. The van der Waals surface area contributed by atoms with Gasteiger partial charge in [-0.15, -0.1) is 10.2 Å². The van der Waals surface area contributed by atoms with Gasteiger partial charge in [-0.05, 0) is 32.8 Å². The molecule has 0 N–H and O–H groups in total. The maximum atomic E-state index is 5.37. The van der Waals surface area contributed by atoms with Crippen molar-refractivity contribution in [3.8, 4) is 11.6 Å². The first kappa shape index (κ1) is 15.7. The first-order valence-corrected chi connectivity index (χ1v) is 8.52. The lowest BCUT2D eigenvalue weighted by molar-refractivity contribution is 0.330. The van der Waals surface area contributed by atoms with Gasteiger partial charge in [0, 0.05) is 32.0 Å². The summed E-state index contributed by atoms with van der Waals surface area (Å²) in [4.78, 5) is 15.2. The summed E-state index contributed by atoms with van der Waals surface area (Å²) >= 11 is 0. The summed E-state index contributed by atoms with van der Waals surface area (Å²) in [6.45, 7) is 6.37. The van der Waals surface area contributed by atoms with Crippen LogP contribution in [-0.4, -0.2) is 48.0 Å². The highest BCUT2D eigenvalue weighted by Crippen LogP contribution is 2.29. The SMILES string of the molecule is CCn1c(-c2ncccn2)nnc1N1CCCC(c2nc(C)no2)C1. The average molecular weight is 340 g/mol. The van der Waals surface area contributed by atoms with E-state index in [0.717, 1.165) is 38.4 Å². The smallest absolute Gasteiger partial charge is 0.231 e. The van der Waals surface area contributed by atoms with Crippen molar-refractivity contribution in [1.29, 1.82) is 0 Å². The van der Waals surface area contributed by atoms with E-state index in [4.69, 9.17) is 4.52 Å². The van der Waals surface area contributed by atoms with Gasteiger partial charge in [0.2, 0.25) is 17.7 Å². The van der Waals surface area contributed by atoms with Crippen molar-refractivity contribution in [3.63, 3.8) is 0 Å². The van der Waals surface area contributed by atoms with Crippen LogP contribution in [0.25, 0.3) is 11.6 Å². The molecule has 9 heteroatoms. The normalized spacial score (nSPS) is 17.8. The third-order valence-corrected chi connectivity index (χ3v) is 4.41. The molecule has 3 aromatic rings. The van der Waals surface area contributed by atoms with Crippen molar-refractivity contribution >= 4 is 5.95 Å². The fourth-order valence-electron chi connectivity index (χ4n) is 3.24. The van der Waals surface area contributed by atoms with Gasteiger partial charge in [-0.2, -0.15) is 4.98 Å². The van der Waals surface area contributed by atoms with Crippen molar-refractivity contribution in [2.75, 3.05) is 18.0 Å². The van der Waals surface area contributed by atoms with Gasteiger partial charge in [0.15, 0.2) is 11.6 Å². The number of nitrogens with zero attached hydrogens (tertiary/aromatic N) is 8. The number of rotatable bonds is 4. The highest BCUT2D eigenvalue weighted by molar-refractivity contribution is 5.48. The van der Waals surface area contributed by atoms with Crippen molar-refractivity contribution < 1.29 is 4.52 Å². The Labute approximate surface area is 145 Å². The Morgan fingerprint density at radius 2 is 2.08 bits per heavy atom. The molecule has 4 heterocycles. The maximum absolute atomic E-state index is 5.37. The lowest BCUT2D eigenvalue weighted by atomic mass is 9.98. The monoisotopic (exact) mass is 340 g/mol. The molecule has 0 saturated carbocycles. The topological polar surface area (TPSA) is 98.7 Å². The van der Waals surface area contributed by atoms with Gasteiger partial charge in [-0.25, -0.2) is 9.97 Å². The summed E-state index contributed by atoms with van der Waals surface area (Å²) in [5.74, 6) is 3.71. The van der Waals surface area contributed by atoms with Crippen LogP contribution in [0.3, 0.4) is 0 Å². The second kappa shape index (κ2) is 6.58. The predicted molar refractivity (Wildman–Crippen MR) is 89.9 cm³/mol. The molecule has 3 aromatic heterocycles. The van der Waals surface area contributed by atoms with Crippen LogP contribution >= 0.6 is 0 Å². The van der Waals surface area contributed by atoms with Crippen LogP contribution in [0.5, 0.6) is 0 Å². The average Bonchev–Trinajstić information content (AvgIpc) is 3.28. The van der Waals surface area contributed by atoms with Gasteiger partial charge in [0.1, 0.15) is 0 Å². The number of anilines is 1. The molecule has 0 aliphatic carbocycles. The first-order valence-electron chi connectivity index (χ1n) is 8.52. The van der Waals surface area contributed by atoms with Gasteiger partial charge >= 0.3 is 0 Å². The van der Waals surface area contributed by atoms with Gasteiger partial charge < -0.3 is 9.42 Å². The third kappa shape index (κ3) is 2.97. The Bertz CT molecular complexity index is 843. The molecule has 0 radical (unpaired) electrons. The van der Waals surface area contributed by atoms with Crippen molar-refractivity contribution in [2.24, 2.45) is 0 Å². The molecular formula is C16H20N8O. The molecule has 130 valence electrons. The van der Waals surface area contributed by atoms with E-state index in [1.54, 1.807) is 18.5 Å². The Hall–Kier alpha value is -2.84. The van der Waals surface area contributed by atoms with E-state index in [9.17, 15) is 0 Å². The Kier molecular flexibility index (Phi) is 4.12. The number of hydrogen-bond donors (Lipinski definition) is 0. The number of aromatic nitrogens is 7. The van der Waals surface area contributed by atoms with Crippen LogP contribution in [0.2, 0.25) is 0 Å². The van der Waals surface area contributed by atoms with Crippen LogP contribution < -0.4 is 4.90 Å². The second-order valence-corrected chi connectivity index (χ2v) is 6.11. The van der Waals surface area contributed by atoms with Crippen molar-refractivity contribution in [1.82, 2.24) is 34.9 Å². The lowest BCUT2D eigenvalue weighted by Gasteiger charge is -2.31. The molecule has 1 unspecified atom stereocenters. The van der Waals surface area contributed by atoms with E-state index >= 15 is 0 Å². The highest BCUT2D eigenvalue weighted by atomic mass is 16.5. The van der Waals surface area contributed by atoms with E-state index in [2.05, 4.69) is 46.7 Å². The quantitative estimate of drug-likeness (QED) is 0.709. The molecule has 0 aromatic carbocycles. The summed E-state index contributed by atoms with van der Waals surface area (Å²) in [5.41, 5.74) is 0. The third-order valence-electron chi connectivity index (χ3n) is 4.41. The molecule has 1 aliphatic heterocycles. The molecule has 0 amide bonds. The fraction of sp³-hybridized carbons (Fsp3) is 0.500. The lowest BCUT2D eigenvalue weighted by Crippen LogP contribution is -2.36. The summed E-state index contributed by atoms with van der Waals surface area (Å²) < 4.78 is 7.42. The van der Waals surface area contributed by atoms with Crippen molar-refractivity contribution in [3.05, 3.63) is 30.2 Å². The maximum Gasteiger partial charge on any atom is 0.231 e. The molecule has 1 aliphatic rings. The Morgan fingerprint density at radius 3 is 2.80 bits per heavy atom. The van der Waals surface area contributed by atoms with Crippen molar-refractivity contribution in [2.45, 2.75) is 39.2 Å². The Balaban J connectivity index is 1.62. The summed E-state index contributed by atoms with van der Waals surface area (Å²) in [5, 5.41) is 12.7. The molecular weight excluding hydrogens is 320 g/mol. The van der Waals surface area contributed by atoms with Gasteiger partial charge in [-0.3, -0.25) is 4.57 Å². The minimum atomic E-state index is 0.216. The number of hydrogen-bond acceptors (Lipinski definition) is 8. The molecule has 1 fully saturated rings. The first-order chi connectivity index (χ1) is 12.3. The van der Waals surface area contributed by atoms with E-state index in [1.807, 2.05) is 6.92 Å². The molecule has 1 atom stereocenters. The predicted octanol–water partition coefficient (Wildman–Crippen LogP) is 1.83. The highest BCUT2D eigenvalue weighted by Gasteiger charge is 2.29. The van der Waals surface area contributed by atoms with Crippen LogP contribution in [0.4, 0.5) is 5.95 Å². The molecule has 0 bridgehead atoms. The largest absolute Gasteiger partial charge is 0.340 e. The molecule has 9 nitrogen and oxygen atoms in total. The van der Waals surface area contributed by atoms with Crippen LogP contribution in [0.15, 0.2) is 23.0 Å². The van der Waals surface area contributed by atoms with Crippen LogP contribution in [-0.2, 0) is 6.54 Å². The zero-order valence-corrected chi connectivity index (χ0v) is 14.3. The number of aryl methyl sites for hydroxylation is 1. The molecule has 1 saturated heterocycles. The fourth-order valence-corrected chi connectivity index (χ4v) is 3.24. The molecule has 0 spiro atoms. The minimum absolute atomic E-state index is 0.216. The van der Waals surface area contributed by atoms with Crippen LogP contribution in [0, 0.1) is 6.92 Å². The van der Waals surface area contributed by atoms with Crippen LogP contribution in [0.1, 0.15) is 37.4 Å². The van der Waals surface area contributed by atoms with Gasteiger partial charge in [0.05, 0.1) is 5.92 Å². The zero-order chi connectivity index (χ0) is 17.2. The standard InChI is InChI=1S/C16H20N8O/c1-3-24-14(13-17-7-5-8-18-13)20-21-16(24)23-9-4-6-12(10-23)15-19-11(2)22-25-15/h5,7-8,12H,3-4,6,9-10H2,1-2H3. The number of piperidine rings is 1. The van der Waals surface area contributed by atoms with E-state index in [0.29, 0.717) is 23.4 Å². The zero-order valence-electron chi connectivity index (χ0n) is 14.3. The van der Waals surface area contributed by atoms with Gasteiger partial charge in [0.25, 0.3) is 0 Å².